The molecule has 2 N–H and O–H groups in total. The summed E-state index contributed by atoms with van der Waals surface area (Å²) in [6, 6.07) is 13.5. The number of carbonyl (C=O) groups is 2. The van der Waals surface area contributed by atoms with Gasteiger partial charge in [0.15, 0.2) is 5.82 Å². The van der Waals surface area contributed by atoms with Gasteiger partial charge in [-0.05, 0) is 87.6 Å². The number of amides is 2. The normalized spacial score (nSPS) is 13.4. The molecule has 2 aromatic heterocycles. The van der Waals surface area contributed by atoms with Crippen molar-refractivity contribution >= 4 is 34.2 Å². The van der Waals surface area contributed by atoms with Crippen molar-refractivity contribution in [3.63, 3.8) is 0 Å². The molecule has 0 spiro atoms. The van der Waals surface area contributed by atoms with Crippen LogP contribution in [0, 0.1) is 27.7 Å². The van der Waals surface area contributed by atoms with Crippen LogP contribution in [0.2, 0.25) is 0 Å². The van der Waals surface area contributed by atoms with Gasteiger partial charge in [-0.15, -0.1) is 0 Å². The van der Waals surface area contributed by atoms with E-state index in [9.17, 15) is 9.59 Å². The molecule has 0 atom stereocenters. The average Bonchev–Trinajstić information content (AvgIpc) is 3.03. The Morgan fingerprint density at radius 1 is 1.00 bits per heavy atom. The topological polar surface area (TPSA) is 88.9 Å². The van der Waals surface area contributed by atoms with E-state index in [1.54, 1.807) is 16.8 Å². The fraction of sp³-hybridized carbons (Fsp3) is 0.259. The molecule has 0 saturated heterocycles. The molecular weight excluding hydrogens is 426 g/mol. The van der Waals surface area contributed by atoms with Crippen LogP contribution in [0.5, 0.6) is 0 Å². The number of aryl methyl sites for hydroxylation is 5. The first-order chi connectivity index (χ1) is 16.3. The number of rotatable bonds is 3. The lowest BCUT2D eigenvalue weighted by Gasteiger charge is -2.13. The number of aromatic nitrogens is 3. The zero-order valence-electron chi connectivity index (χ0n) is 19.8. The van der Waals surface area contributed by atoms with Crippen molar-refractivity contribution < 1.29 is 9.59 Å². The maximum atomic E-state index is 13.2. The lowest BCUT2D eigenvalue weighted by atomic mass is 10.0. The number of hydrogen-bond acceptors (Lipinski definition) is 4. The smallest absolute Gasteiger partial charge is 0.256 e. The van der Waals surface area contributed by atoms with Gasteiger partial charge in [-0.1, -0.05) is 11.6 Å². The van der Waals surface area contributed by atoms with Crippen molar-refractivity contribution in [1.82, 2.24) is 14.8 Å². The Hall–Kier alpha value is -4.00. The molecule has 5 rings (SSSR count). The van der Waals surface area contributed by atoms with Gasteiger partial charge in [0.2, 0.25) is 5.91 Å². The number of benzene rings is 2. The van der Waals surface area contributed by atoms with Crippen molar-refractivity contribution in [2.75, 3.05) is 10.6 Å². The van der Waals surface area contributed by atoms with Gasteiger partial charge in [0.25, 0.3) is 5.91 Å². The first-order valence-electron chi connectivity index (χ1n) is 11.5. The molecule has 4 aromatic rings. The summed E-state index contributed by atoms with van der Waals surface area (Å²) in [5.74, 6) is 0.995. The molecule has 0 aliphatic carbocycles. The third-order valence-electron chi connectivity index (χ3n) is 6.22. The summed E-state index contributed by atoms with van der Waals surface area (Å²) in [6.45, 7) is 8.10. The predicted octanol–water partition coefficient (Wildman–Crippen LogP) is 5.18. The van der Waals surface area contributed by atoms with Crippen molar-refractivity contribution in [2.45, 2.75) is 47.0 Å². The molecule has 2 aromatic carbocycles. The van der Waals surface area contributed by atoms with Crippen LogP contribution in [0.3, 0.4) is 0 Å². The molecule has 7 nitrogen and oxygen atoms in total. The van der Waals surface area contributed by atoms with Crippen LogP contribution in [-0.2, 0) is 11.2 Å². The minimum atomic E-state index is -0.233. The second kappa shape index (κ2) is 8.41. The summed E-state index contributed by atoms with van der Waals surface area (Å²) in [5.41, 5.74) is 7.40. The minimum Gasteiger partial charge on any atom is -0.326 e. The molecule has 0 radical (unpaired) electrons. The van der Waals surface area contributed by atoms with E-state index in [0.717, 1.165) is 51.8 Å². The van der Waals surface area contributed by atoms with Crippen molar-refractivity contribution in [3.05, 3.63) is 76.0 Å². The number of pyridine rings is 1. The molecule has 172 valence electrons. The average molecular weight is 454 g/mol. The number of nitrogens with one attached hydrogen (secondary N) is 2. The molecule has 0 unspecified atom stereocenters. The Morgan fingerprint density at radius 2 is 1.82 bits per heavy atom. The molecule has 7 heteroatoms. The Balaban J connectivity index is 1.49. The lowest BCUT2D eigenvalue weighted by Crippen LogP contribution is -2.16. The van der Waals surface area contributed by atoms with E-state index < -0.39 is 0 Å². The molecular formula is C27H27N5O2. The Bertz CT molecular complexity index is 1470. The molecule has 1 aliphatic heterocycles. The van der Waals surface area contributed by atoms with E-state index in [0.29, 0.717) is 23.6 Å². The number of fused-ring (bicyclic) bond motifs is 2. The second-order valence-corrected chi connectivity index (χ2v) is 9.09. The van der Waals surface area contributed by atoms with E-state index in [-0.39, 0.29) is 11.8 Å². The van der Waals surface area contributed by atoms with Gasteiger partial charge in [-0.3, -0.25) is 9.59 Å². The Kier molecular flexibility index (Phi) is 5.40. The SMILES string of the molecule is Cc1cc(C)c2nc(-n3nc(C)cc3NC(=O)c3ccc4c(c3)CCCC(=O)N4)cc(C)c2c1. The summed E-state index contributed by atoms with van der Waals surface area (Å²) in [7, 11) is 0. The molecule has 0 bridgehead atoms. The van der Waals surface area contributed by atoms with E-state index in [2.05, 4.69) is 48.6 Å². The lowest BCUT2D eigenvalue weighted by molar-refractivity contribution is -0.116. The highest BCUT2D eigenvalue weighted by atomic mass is 16.2. The van der Waals surface area contributed by atoms with Crippen LogP contribution in [0.15, 0.2) is 42.5 Å². The Morgan fingerprint density at radius 3 is 2.65 bits per heavy atom. The number of anilines is 2. The second-order valence-electron chi connectivity index (χ2n) is 9.09. The summed E-state index contributed by atoms with van der Waals surface area (Å²) in [4.78, 5) is 29.9. The number of carbonyl (C=O) groups excluding carboxylic acids is 2. The monoisotopic (exact) mass is 453 g/mol. The summed E-state index contributed by atoms with van der Waals surface area (Å²) in [6.07, 6.45) is 2.01. The number of nitrogens with zero attached hydrogens (tertiary/aromatic N) is 3. The summed E-state index contributed by atoms with van der Waals surface area (Å²) < 4.78 is 1.68. The van der Waals surface area contributed by atoms with Crippen LogP contribution in [0.25, 0.3) is 16.7 Å². The third-order valence-corrected chi connectivity index (χ3v) is 6.22. The van der Waals surface area contributed by atoms with Crippen LogP contribution in [-0.4, -0.2) is 26.6 Å². The van der Waals surface area contributed by atoms with E-state index in [4.69, 9.17) is 4.98 Å². The van der Waals surface area contributed by atoms with Crippen molar-refractivity contribution in [2.24, 2.45) is 0 Å². The van der Waals surface area contributed by atoms with E-state index in [1.165, 1.54) is 5.56 Å². The zero-order valence-corrected chi connectivity index (χ0v) is 19.8. The van der Waals surface area contributed by atoms with Gasteiger partial charge in [-0.25, -0.2) is 4.98 Å². The zero-order chi connectivity index (χ0) is 24.0. The van der Waals surface area contributed by atoms with Crippen LogP contribution >= 0.6 is 0 Å². The summed E-state index contributed by atoms with van der Waals surface area (Å²) in [5, 5.41) is 11.6. The van der Waals surface area contributed by atoms with E-state index in [1.807, 2.05) is 25.1 Å². The highest BCUT2D eigenvalue weighted by molar-refractivity contribution is 6.05. The minimum absolute atomic E-state index is 0.0129. The van der Waals surface area contributed by atoms with Crippen LogP contribution in [0.4, 0.5) is 11.5 Å². The number of hydrogen-bond donors (Lipinski definition) is 2. The van der Waals surface area contributed by atoms with Gasteiger partial charge in [0.1, 0.15) is 5.82 Å². The first-order valence-corrected chi connectivity index (χ1v) is 11.5. The van der Waals surface area contributed by atoms with Crippen LogP contribution < -0.4 is 10.6 Å². The predicted molar refractivity (Wildman–Crippen MR) is 134 cm³/mol. The highest BCUT2D eigenvalue weighted by Crippen LogP contribution is 2.27. The first kappa shape index (κ1) is 21.8. The summed E-state index contributed by atoms with van der Waals surface area (Å²) >= 11 is 0. The van der Waals surface area contributed by atoms with Crippen molar-refractivity contribution in [1.29, 1.82) is 0 Å². The Labute approximate surface area is 198 Å². The molecule has 0 saturated carbocycles. The largest absolute Gasteiger partial charge is 0.326 e. The van der Waals surface area contributed by atoms with Gasteiger partial charge >= 0.3 is 0 Å². The van der Waals surface area contributed by atoms with Crippen molar-refractivity contribution in [3.8, 4) is 5.82 Å². The molecule has 0 fully saturated rings. The van der Waals surface area contributed by atoms with Gasteiger partial charge in [0.05, 0.1) is 11.2 Å². The van der Waals surface area contributed by atoms with Gasteiger partial charge in [-0.2, -0.15) is 9.78 Å². The molecule has 34 heavy (non-hydrogen) atoms. The maximum Gasteiger partial charge on any atom is 0.256 e. The van der Waals surface area contributed by atoms with Gasteiger partial charge in [0, 0.05) is 29.1 Å². The third kappa shape index (κ3) is 4.05. The quantitative estimate of drug-likeness (QED) is 0.447. The fourth-order valence-corrected chi connectivity index (χ4v) is 4.60. The van der Waals surface area contributed by atoms with E-state index >= 15 is 0 Å². The molecule has 3 heterocycles. The van der Waals surface area contributed by atoms with Gasteiger partial charge < -0.3 is 10.6 Å². The molecule has 2 amide bonds. The highest BCUT2D eigenvalue weighted by Gasteiger charge is 2.18. The van der Waals surface area contributed by atoms with Crippen LogP contribution in [0.1, 0.15) is 51.1 Å². The fourth-order valence-electron chi connectivity index (χ4n) is 4.60. The maximum absolute atomic E-state index is 13.2. The molecule has 1 aliphatic rings. The standard InChI is InChI=1S/C27H27N5O2/c1-15-10-17(3)26-21(11-15)16(2)12-23(29-26)32-24(13-18(4)31-32)30-27(34)20-8-9-22-19(14-20)6-5-7-25(33)28-22/h8-14H,5-7H2,1-4H3,(H,28,33)(H,30,34).